The van der Waals surface area contributed by atoms with Gasteiger partial charge in [0.05, 0.1) is 0 Å². The third-order valence-corrected chi connectivity index (χ3v) is 5.95. The second-order valence-electron chi connectivity index (χ2n) is 7.81. The first-order valence-corrected chi connectivity index (χ1v) is 9.92. The summed E-state index contributed by atoms with van der Waals surface area (Å²) >= 11 is 0. The zero-order valence-corrected chi connectivity index (χ0v) is 16.3. The number of carbonyl (C=O) groups excluding carboxylic acids is 2. The fourth-order valence-electron chi connectivity index (χ4n) is 4.29. The van der Waals surface area contributed by atoms with Gasteiger partial charge in [-0.15, -0.1) is 0 Å². The summed E-state index contributed by atoms with van der Waals surface area (Å²) in [5.74, 6) is 0.0242. The quantitative estimate of drug-likeness (QED) is 0.817. The van der Waals surface area contributed by atoms with E-state index in [2.05, 4.69) is 12.1 Å². The molecule has 0 N–H and O–H groups in total. The molecule has 146 valence electrons. The zero-order valence-electron chi connectivity index (χ0n) is 16.3. The summed E-state index contributed by atoms with van der Waals surface area (Å²) in [7, 11) is 0. The van der Waals surface area contributed by atoms with Crippen LogP contribution in [0.25, 0.3) is 0 Å². The number of ether oxygens (including phenoxy) is 1. The van der Waals surface area contributed by atoms with E-state index in [4.69, 9.17) is 4.74 Å². The van der Waals surface area contributed by atoms with E-state index in [9.17, 15) is 9.59 Å². The summed E-state index contributed by atoms with van der Waals surface area (Å²) in [4.78, 5) is 29.7. The second-order valence-corrected chi connectivity index (χ2v) is 7.81. The van der Waals surface area contributed by atoms with Gasteiger partial charge in [0.1, 0.15) is 12.1 Å². The summed E-state index contributed by atoms with van der Waals surface area (Å²) in [6, 6.07) is 17.9. The summed E-state index contributed by atoms with van der Waals surface area (Å²) in [5, 5.41) is 0. The number of carbonyl (C=O) groups is 2. The van der Waals surface area contributed by atoms with E-state index in [0.29, 0.717) is 26.1 Å². The minimum atomic E-state index is -0.833. The summed E-state index contributed by atoms with van der Waals surface area (Å²) < 4.78 is 5.52. The van der Waals surface area contributed by atoms with Crippen molar-refractivity contribution >= 4 is 12.0 Å². The van der Waals surface area contributed by atoms with Crippen LogP contribution in [0, 0.1) is 0 Å². The smallest absolute Gasteiger partial charge is 0.410 e. The Kier molecular flexibility index (Phi) is 5.07. The van der Waals surface area contributed by atoms with Crippen molar-refractivity contribution in [2.45, 2.75) is 44.9 Å². The average molecular weight is 378 g/mol. The molecule has 1 fully saturated rings. The molecule has 1 unspecified atom stereocenters. The Morgan fingerprint density at radius 3 is 2.50 bits per heavy atom. The van der Waals surface area contributed by atoms with Gasteiger partial charge in [0.2, 0.25) is 5.91 Å². The molecule has 4 rings (SSSR count). The van der Waals surface area contributed by atoms with Crippen molar-refractivity contribution < 1.29 is 14.3 Å². The van der Waals surface area contributed by atoms with Crippen LogP contribution in [-0.2, 0) is 29.1 Å². The Labute approximate surface area is 165 Å². The van der Waals surface area contributed by atoms with Crippen LogP contribution in [0.4, 0.5) is 4.79 Å². The van der Waals surface area contributed by atoms with Crippen LogP contribution in [0.1, 0.15) is 36.5 Å². The molecule has 5 heteroatoms. The van der Waals surface area contributed by atoms with Crippen molar-refractivity contribution in [1.29, 1.82) is 0 Å². The standard InChI is InChI=1S/C23H26N2O3/c1-23(21(26)24-15-12-19-10-5-6-11-20(19)16-24)13-7-14-25(23)22(27)28-17-18-8-3-2-4-9-18/h2-6,8-11H,7,12-17H2,1H3. The van der Waals surface area contributed by atoms with Gasteiger partial charge in [-0.2, -0.15) is 0 Å². The molecule has 1 atom stereocenters. The van der Waals surface area contributed by atoms with Crippen molar-refractivity contribution in [3.05, 3.63) is 71.3 Å². The molecule has 2 aromatic carbocycles. The first-order chi connectivity index (χ1) is 13.6. The Balaban J connectivity index is 1.45. The van der Waals surface area contributed by atoms with Gasteiger partial charge in [0, 0.05) is 19.6 Å². The van der Waals surface area contributed by atoms with Crippen LogP contribution >= 0.6 is 0 Å². The number of hydrogen-bond acceptors (Lipinski definition) is 3. The highest BCUT2D eigenvalue weighted by molar-refractivity contribution is 5.90. The van der Waals surface area contributed by atoms with Crippen LogP contribution in [0.3, 0.4) is 0 Å². The number of hydrogen-bond donors (Lipinski definition) is 0. The highest BCUT2D eigenvalue weighted by atomic mass is 16.6. The van der Waals surface area contributed by atoms with Gasteiger partial charge in [-0.1, -0.05) is 54.6 Å². The highest BCUT2D eigenvalue weighted by Crippen LogP contribution is 2.33. The Morgan fingerprint density at radius 2 is 1.71 bits per heavy atom. The van der Waals surface area contributed by atoms with Crippen LogP contribution in [0.5, 0.6) is 0 Å². The fraction of sp³-hybridized carbons (Fsp3) is 0.391. The maximum absolute atomic E-state index is 13.4. The summed E-state index contributed by atoms with van der Waals surface area (Å²) in [6.45, 7) is 3.96. The molecule has 2 amide bonds. The van der Waals surface area contributed by atoms with E-state index < -0.39 is 11.6 Å². The van der Waals surface area contributed by atoms with Crippen LogP contribution in [0.2, 0.25) is 0 Å². The molecule has 1 saturated heterocycles. The number of amides is 2. The number of nitrogens with zero attached hydrogens (tertiary/aromatic N) is 2. The van der Waals surface area contributed by atoms with Crippen LogP contribution in [-0.4, -0.2) is 40.4 Å². The maximum atomic E-state index is 13.4. The third kappa shape index (κ3) is 3.49. The van der Waals surface area contributed by atoms with Gasteiger partial charge < -0.3 is 9.64 Å². The van der Waals surface area contributed by atoms with Gasteiger partial charge in [0.15, 0.2) is 0 Å². The molecular formula is C23H26N2O3. The second kappa shape index (κ2) is 7.66. The SMILES string of the molecule is CC1(C(=O)N2CCc3ccccc3C2)CCCN1C(=O)OCc1ccccc1. The van der Waals surface area contributed by atoms with Gasteiger partial charge in [-0.3, -0.25) is 9.69 Å². The molecule has 0 radical (unpaired) electrons. The van der Waals surface area contributed by atoms with Gasteiger partial charge >= 0.3 is 6.09 Å². The van der Waals surface area contributed by atoms with Gasteiger partial charge in [-0.05, 0) is 42.9 Å². The summed E-state index contributed by atoms with van der Waals surface area (Å²) in [6.07, 6.45) is 1.93. The average Bonchev–Trinajstić information content (AvgIpc) is 3.14. The van der Waals surface area contributed by atoms with E-state index in [1.165, 1.54) is 11.1 Å². The number of rotatable bonds is 3. The minimum absolute atomic E-state index is 0.0242. The first kappa shape index (κ1) is 18.5. The van der Waals surface area contributed by atoms with E-state index in [1.54, 1.807) is 4.90 Å². The number of likely N-dealkylation sites (tertiary alicyclic amines) is 1. The molecule has 28 heavy (non-hydrogen) atoms. The van der Waals surface area contributed by atoms with E-state index >= 15 is 0 Å². The molecule has 2 aliphatic rings. The molecule has 0 aromatic heterocycles. The molecule has 2 heterocycles. The highest BCUT2D eigenvalue weighted by Gasteiger charge is 2.48. The zero-order chi connectivity index (χ0) is 19.6. The predicted octanol–water partition coefficient (Wildman–Crippen LogP) is 3.76. The lowest BCUT2D eigenvalue weighted by Crippen LogP contribution is -2.57. The molecular weight excluding hydrogens is 352 g/mol. The minimum Gasteiger partial charge on any atom is -0.445 e. The van der Waals surface area contributed by atoms with E-state index in [1.807, 2.05) is 54.3 Å². The lowest BCUT2D eigenvalue weighted by Gasteiger charge is -2.39. The monoisotopic (exact) mass is 378 g/mol. The van der Waals surface area contributed by atoms with Crippen LogP contribution in [0.15, 0.2) is 54.6 Å². The van der Waals surface area contributed by atoms with Crippen molar-refractivity contribution in [3.8, 4) is 0 Å². The molecule has 2 aromatic rings. The normalized spacial score (nSPS) is 21.3. The maximum Gasteiger partial charge on any atom is 0.410 e. The van der Waals surface area contributed by atoms with Gasteiger partial charge in [0.25, 0.3) is 0 Å². The topological polar surface area (TPSA) is 49.9 Å². The lowest BCUT2D eigenvalue weighted by atomic mass is 9.93. The third-order valence-electron chi connectivity index (χ3n) is 5.95. The summed E-state index contributed by atoms with van der Waals surface area (Å²) in [5.41, 5.74) is 2.61. The molecule has 0 spiro atoms. The molecule has 5 nitrogen and oxygen atoms in total. The molecule has 0 bridgehead atoms. The predicted molar refractivity (Wildman–Crippen MR) is 107 cm³/mol. The Hall–Kier alpha value is -2.82. The fourth-order valence-corrected chi connectivity index (χ4v) is 4.29. The number of benzene rings is 2. The van der Waals surface area contributed by atoms with Crippen molar-refractivity contribution in [2.24, 2.45) is 0 Å². The first-order valence-electron chi connectivity index (χ1n) is 9.92. The van der Waals surface area contributed by atoms with Crippen molar-refractivity contribution in [2.75, 3.05) is 13.1 Å². The van der Waals surface area contributed by atoms with Crippen molar-refractivity contribution in [3.63, 3.8) is 0 Å². The van der Waals surface area contributed by atoms with E-state index in [-0.39, 0.29) is 12.5 Å². The van der Waals surface area contributed by atoms with Gasteiger partial charge in [-0.25, -0.2) is 4.79 Å². The number of fused-ring (bicyclic) bond motifs is 1. The van der Waals surface area contributed by atoms with Crippen LogP contribution < -0.4 is 0 Å². The van der Waals surface area contributed by atoms with E-state index in [0.717, 1.165) is 18.4 Å². The molecule has 2 aliphatic heterocycles. The largest absolute Gasteiger partial charge is 0.445 e. The molecule has 0 aliphatic carbocycles. The Bertz CT molecular complexity index is 867. The Morgan fingerprint density at radius 1 is 1.00 bits per heavy atom. The van der Waals surface area contributed by atoms with Crippen molar-refractivity contribution in [1.82, 2.24) is 9.80 Å². The lowest BCUT2D eigenvalue weighted by molar-refractivity contribution is -0.142. The molecule has 0 saturated carbocycles.